The first-order valence-corrected chi connectivity index (χ1v) is 11.3. The maximum atomic E-state index is 15.1. The highest BCUT2D eigenvalue weighted by atomic mass is 19.1. The van der Waals surface area contributed by atoms with Crippen molar-refractivity contribution in [1.82, 2.24) is 14.8 Å². The van der Waals surface area contributed by atoms with Gasteiger partial charge in [-0.2, -0.15) is 0 Å². The lowest BCUT2D eigenvalue weighted by atomic mass is 10.1. The van der Waals surface area contributed by atoms with Crippen molar-refractivity contribution in [3.05, 3.63) is 89.5 Å². The lowest BCUT2D eigenvalue weighted by molar-refractivity contribution is 0.0727. The van der Waals surface area contributed by atoms with Gasteiger partial charge in [0.2, 0.25) is 0 Å². The van der Waals surface area contributed by atoms with Crippen molar-refractivity contribution < 1.29 is 9.18 Å². The molecule has 172 valence electrons. The number of aromatic nitrogens is 1. The number of amides is 2. The van der Waals surface area contributed by atoms with Gasteiger partial charge in [0.15, 0.2) is 5.82 Å². The minimum absolute atomic E-state index is 0.167. The number of urea groups is 1. The van der Waals surface area contributed by atoms with Crippen LogP contribution in [0, 0.1) is 12.7 Å². The van der Waals surface area contributed by atoms with Crippen LogP contribution in [-0.2, 0) is 13.1 Å². The van der Waals surface area contributed by atoms with Crippen LogP contribution in [0.5, 0.6) is 0 Å². The van der Waals surface area contributed by atoms with Crippen LogP contribution in [-0.4, -0.2) is 46.5 Å². The van der Waals surface area contributed by atoms with E-state index < -0.39 is 11.8 Å². The molecule has 0 radical (unpaired) electrons. The Bertz CT molecular complexity index is 1070. The number of rotatable bonds is 6. The predicted octanol–water partition coefficient (Wildman–Crippen LogP) is 4.88. The SMILES string of the molecule is Cc1ccc(NC(=O)Nc2cccc(CN3CCN(Cc4ccccc4)[C@H](C)C3)c2F)cn1. The molecule has 0 spiro atoms. The molecule has 2 heterocycles. The Morgan fingerprint density at radius 2 is 1.85 bits per heavy atom. The zero-order valence-electron chi connectivity index (χ0n) is 19.1. The van der Waals surface area contributed by atoms with Crippen molar-refractivity contribution >= 4 is 17.4 Å². The number of pyridine rings is 1. The number of piperazine rings is 1. The van der Waals surface area contributed by atoms with Crippen LogP contribution in [0.25, 0.3) is 0 Å². The highest BCUT2D eigenvalue weighted by Gasteiger charge is 2.24. The van der Waals surface area contributed by atoms with Crippen LogP contribution < -0.4 is 10.6 Å². The van der Waals surface area contributed by atoms with Gasteiger partial charge in [-0.1, -0.05) is 42.5 Å². The monoisotopic (exact) mass is 447 g/mol. The van der Waals surface area contributed by atoms with E-state index in [-0.39, 0.29) is 5.69 Å². The van der Waals surface area contributed by atoms with Gasteiger partial charge in [0.1, 0.15) is 0 Å². The van der Waals surface area contributed by atoms with E-state index in [4.69, 9.17) is 0 Å². The van der Waals surface area contributed by atoms with Crippen molar-refractivity contribution in [2.45, 2.75) is 33.0 Å². The van der Waals surface area contributed by atoms with Crippen LogP contribution in [0.4, 0.5) is 20.6 Å². The molecule has 2 N–H and O–H groups in total. The molecule has 1 aliphatic rings. The van der Waals surface area contributed by atoms with Crippen LogP contribution in [0.2, 0.25) is 0 Å². The number of nitrogens with one attached hydrogen (secondary N) is 2. The third kappa shape index (κ3) is 6.15. The third-order valence-electron chi connectivity index (χ3n) is 5.97. The van der Waals surface area contributed by atoms with Crippen LogP contribution in [0.3, 0.4) is 0 Å². The molecule has 1 fully saturated rings. The van der Waals surface area contributed by atoms with Gasteiger partial charge in [-0.25, -0.2) is 9.18 Å². The second-order valence-corrected chi connectivity index (χ2v) is 8.59. The normalized spacial score (nSPS) is 17.0. The first-order valence-electron chi connectivity index (χ1n) is 11.3. The molecule has 2 amide bonds. The second-order valence-electron chi connectivity index (χ2n) is 8.59. The number of hydrogen-bond donors (Lipinski definition) is 2. The first-order chi connectivity index (χ1) is 16.0. The fraction of sp³-hybridized carbons (Fsp3) is 0.308. The van der Waals surface area contributed by atoms with Crippen LogP contribution >= 0.6 is 0 Å². The summed E-state index contributed by atoms with van der Waals surface area (Å²) in [5.74, 6) is -0.394. The zero-order chi connectivity index (χ0) is 23.2. The smallest absolute Gasteiger partial charge is 0.306 e. The molecule has 1 aliphatic heterocycles. The van der Waals surface area contributed by atoms with E-state index in [9.17, 15) is 4.79 Å². The highest BCUT2D eigenvalue weighted by molar-refractivity contribution is 5.99. The topological polar surface area (TPSA) is 60.5 Å². The molecule has 0 unspecified atom stereocenters. The largest absolute Gasteiger partial charge is 0.323 e. The molecule has 1 aromatic heterocycles. The summed E-state index contributed by atoms with van der Waals surface area (Å²) in [6.07, 6.45) is 1.57. The van der Waals surface area contributed by atoms with E-state index in [1.165, 1.54) is 5.56 Å². The molecule has 0 bridgehead atoms. The van der Waals surface area contributed by atoms with Gasteiger partial charge in [-0.15, -0.1) is 0 Å². The van der Waals surface area contributed by atoms with Crippen molar-refractivity contribution in [3.63, 3.8) is 0 Å². The Balaban J connectivity index is 1.34. The average molecular weight is 448 g/mol. The predicted molar refractivity (Wildman–Crippen MR) is 130 cm³/mol. The number of nitrogens with zero attached hydrogens (tertiary/aromatic N) is 3. The Morgan fingerprint density at radius 1 is 1.03 bits per heavy atom. The fourth-order valence-electron chi connectivity index (χ4n) is 4.13. The second kappa shape index (κ2) is 10.6. The Labute approximate surface area is 194 Å². The van der Waals surface area contributed by atoms with Crippen LogP contribution in [0.15, 0.2) is 66.9 Å². The van der Waals surface area contributed by atoms with Gasteiger partial charge in [-0.3, -0.25) is 14.8 Å². The van der Waals surface area contributed by atoms with Crippen molar-refractivity contribution in [2.24, 2.45) is 0 Å². The Morgan fingerprint density at radius 3 is 2.58 bits per heavy atom. The lowest BCUT2D eigenvalue weighted by Crippen LogP contribution is -2.50. The van der Waals surface area contributed by atoms with Gasteiger partial charge < -0.3 is 10.6 Å². The molecular weight excluding hydrogens is 417 g/mol. The summed E-state index contributed by atoms with van der Waals surface area (Å²) in [6.45, 7) is 8.19. The molecule has 1 atom stereocenters. The van der Waals surface area contributed by atoms with E-state index >= 15 is 4.39 Å². The van der Waals surface area contributed by atoms with Crippen molar-refractivity contribution in [2.75, 3.05) is 30.3 Å². The maximum absolute atomic E-state index is 15.1. The van der Waals surface area contributed by atoms with Gasteiger partial charge in [-0.05, 0) is 37.6 Å². The van der Waals surface area contributed by atoms with Crippen molar-refractivity contribution in [3.8, 4) is 0 Å². The molecule has 3 aromatic rings. The summed E-state index contributed by atoms with van der Waals surface area (Å²) in [4.78, 5) is 21.2. The molecular formula is C26H30FN5O. The molecule has 6 nitrogen and oxygen atoms in total. The van der Waals surface area contributed by atoms with Gasteiger partial charge in [0, 0.05) is 50.0 Å². The Kier molecular flexibility index (Phi) is 7.32. The van der Waals surface area contributed by atoms with E-state index in [0.29, 0.717) is 23.8 Å². The average Bonchev–Trinajstić information content (AvgIpc) is 2.80. The van der Waals surface area contributed by atoms with Crippen LogP contribution in [0.1, 0.15) is 23.7 Å². The number of aryl methyl sites for hydroxylation is 1. The minimum atomic E-state index is -0.500. The molecule has 0 saturated carbocycles. The summed E-state index contributed by atoms with van der Waals surface area (Å²) in [5.41, 5.74) is 3.46. The summed E-state index contributed by atoms with van der Waals surface area (Å²) in [7, 11) is 0. The first kappa shape index (κ1) is 22.9. The summed E-state index contributed by atoms with van der Waals surface area (Å²) in [6, 6.07) is 19.0. The van der Waals surface area contributed by atoms with Crippen molar-refractivity contribution in [1.29, 1.82) is 0 Å². The molecule has 7 heteroatoms. The molecule has 33 heavy (non-hydrogen) atoms. The highest BCUT2D eigenvalue weighted by Crippen LogP contribution is 2.22. The number of halogens is 1. The number of anilines is 2. The molecule has 2 aromatic carbocycles. The fourth-order valence-corrected chi connectivity index (χ4v) is 4.13. The van der Waals surface area contributed by atoms with E-state index in [1.54, 1.807) is 36.5 Å². The summed E-state index contributed by atoms with van der Waals surface area (Å²) in [5, 5.41) is 5.30. The lowest BCUT2D eigenvalue weighted by Gasteiger charge is -2.40. The minimum Gasteiger partial charge on any atom is -0.306 e. The number of carbonyl (C=O) groups excluding carboxylic acids is 1. The maximum Gasteiger partial charge on any atom is 0.323 e. The number of carbonyl (C=O) groups is 1. The van der Waals surface area contributed by atoms with E-state index in [1.807, 2.05) is 13.0 Å². The molecule has 4 rings (SSSR count). The van der Waals surface area contributed by atoms with E-state index in [0.717, 1.165) is 31.9 Å². The third-order valence-corrected chi connectivity index (χ3v) is 5.97. The molecule has 1 saturated heterocycles. The number of hydrogen-bond acceptors (Lipinski definition) is 4. The zero-order valence-corrected chi connectivity index (χ0v) is 19.1. The van der Waals surface area contributed by atoms with E-state index in [2.05, 4.69) is 56.6 Å². The Hall–Kier alpha value is -3.29. The summed E-state index contributed by atoms with van der Waals surface area (Å²) < 4.78 is 15.1. The quantitative estimate of drug-likeness (QED) is 0.566. The van der Waals surface area contributed by atoms with Gasteiger partial charge in [0.25, 0.3) is 0 Å². The standard InChI is InChI=1S/C26H30FN5O/c1-19-11-12-23(15-28-19)29-26(33)30-24-10-6-9-22(25(24)27)18-31-13-14-32(20(2)16-31)17-21-7-4-3-5-8-21/h3-12,15,20H,13-14,16-18H2,1-2H3,(H2,29,30,33)/t20-/m1/s1. The molecule has 0 aliphatic carbocycles. The van der Waals surface area contributed by atoms with Gasteiger partial charge >= 0.3 is 6.03 Å². The number of benzene rings is 2. The summed E-state index contributed by atoms with van der Waals surface area (Å²) >= 11 is 0. The van der Waals surface area contributed by atoms with Gasteiger partial charge in [0.05, 0.1) is 17.6 Å².